The van der Waals surface area contributed by atoms with Crippen LogP contribution < -0.4 is 5.32 Å². The number of furan rings is 1. The largest absolute Gasteiger partial charge is 0.469 e. The topological polar surface area (TPSA) is 99.2 Å². The highest BCUT2D eigenvalue weighted by Gasteiger charge is 2.19. The molecule has 1 aromatic carbocycles. The van der Waals surface area contributed by atoms with Gasteiger partial charge in [-0.05, 0) is 25.1 Å². The van der Waals surface area contributed by atoms with Crippen molar-refractivity contribution in [2.45, 2.75) is 12.1 Å². The Morgan fingerprint density at radius 3 is 2.67 bits per heavy atom. The van der Waals surface area contributed by atoms with Crippen molar-refractivity contribution >= 4 is 23.6 Å². The maximum absolute atomic E-state index is 12.0. The molecule has 0 aliphatic carbocycles. The van der Waals surface area contributed by atoms with Crippen LogP contribution in [0.5, 0.6) is 0 Å². The van der Waals surface area contributed by atoms with E-state index in [-0.39, 0.29) is 18.2 Å². The summed E-state index contributed by atoms with van der Waals surface area (Å²) in [4.78, 5) is 23.1. The number of carbonyl (C=O) groups is 2. The lowest BCUT2D eigenvalue weighted by Gasteiger charge is -2.10. The number of esters is 1. The summed E-state index contributed by atoms with van der Waals surface area (Å²) >= 11 is 1.23. The Morgan fingerprint density at radius 2 is 2.00 bits per heavy atom. The minimum atomic E-state index is -0.501. The first kappa shape index (κ1) is 18.7. The van der Waals surface area contributed by atoms with Gasteiger partial charge in [0.25, 0.3) is 0 Å². The molecule has 3 aromatic rings. The summed E-state index contributed by atoms with van der Waals surface area (Å²) in [7, 11) is 1.27. The van der Waals surface area contributed by atoms with Gasteiger partial charge in [-0.2, -0.15) is 0 Å². The summed E-state index contributed by atoms with van der Waals surface area (Å²) in [6.07, 6.45) is 1.60. The van der Waals surface area contributed by atoms with Crippen LogP contribution in [0.15, 0.2) is 52.2 Å². The first-order chi connectivity index (χ1) is 13.1. The van der Waals surface area contributed by atoms with Crippen LogP contribution in [0.4, 0.5) is 0 Å². The van der Waals surface area contributed by atoms with E-state index in [2.05, 4.69) is 20.3 Å². The summed E-state index contributed by atoms with van der Waals surface area (Å²) < 4.78 is 11.8. The van der Waals surface area contributed by atoms with E-state index >= 15 is 0 Å². The molecule has 0 aliphatic heterocycles. The van der Waals surface area contributed by atoms with Crippen molar-refractivity contribution in [1.29, 1.82) is 0 Å². The molecule has 2 aromatic heterocycles. The van der Waals surface area contributed by atoms with Crippen LogP contribution in [-0.4, -0.2) is 46.0 Å². The molecule has 0 spiro atoms. The van der Waals surface area contributed by atoms with Gasteiger partial charge in [-0.25, -0.2) is 0 Å². The van der Waals surface area contributed by atoms with Crippen LogP contribution in [0.25, 0.3) is 17.1 Å². The minimum absolute atomic E-state index is 0.0896. The Bertz CT molecular complexity index is 936. The van der Waals surface area contributed by atoms with Crippen molar-refractivity contribution in [1.82, 2.24) is 20.1 Å². The third kappa shape index (κ3) is 4.37. The molecule has 0 aliphatic rings. The number of hydrogen-bond donors (Lipinski definition) is 1. The van der Waals surface area contributed by atoms with Gasteiger partial charge in [0, 0.05) is 5.69 Å². The molecule has 8 nitrogen and oxygen atoms in total. The second-order valence-electron chi connectivity index (χ2n) is 5.51. The predicted molar refractivity (Wildman–Crippen MR) is 99.5 cm³/mol. The molecule has 3 rings (SSSR count). The first-order valence-corrected chi connectivity index (χ1v) is 9.10. The summed E-state index contributed by atoms with van der Waals surface area (Å²) in [6, 6.07) is 11.4. The third-order valence-electron chi connectivity index (χ3n) is 3.74. The normalized spacial score (nSPS) is 10.6. The second kappa shape index (κ2) is 8.54. The Kier molecular flexibility index (Phi) is 5.92. The number of aryl methyl sites for hydroxylation is 1. The summed E-state index contributed by atoms with van der Waals surface area (Å²) in [6.45, 7) is 1.69. The number of benzene rings is 1. The van der Waals surface area contributed by atoms with Gasteiger partial charge in [0.15, 0.2) is 11.0 Å². The summed E-state index contributed by atoms with van der Waals surface area (Å²) in [5, 5.41) is 11.6. The number of aromatic nitrogens is 3. The van der Waals surface area contributed by atoms with Crippen molar-refractivity contribution in [3.63, 3.8) is 0 Å². The van der Waals surface area contributed by atoms with Gasteiger partial charge in [0.05, 0.1) is 24.7 Å². The number of nitrogens with one attached hydrogen (secondary N) is 1. The van der Waals surface area contributed by atoms with Gasteiger partial charge in [-0.15, -0.1) is 10.2 Å². The third-order valence-corrected chi connectivity index (χ3v) is 4.67. The molecule has 1 N–H and O–H groups in total. The smallest absolute Gasteiger partial charge is 0.325 e. The van der Waals surface area contributed by atoms with E-state index in [0.717, 1.165) is 17.0 Å². The highest BCUT2D eigenvalue weighted by molar-refractivity contribution is 7.99. The van der Waals surface area contributed by atoms with E-state index in [1.807, 2.05) is 47.9 Å². The van der Waals surface area contributed by atoms with Gasteiger partial charge >= 0.3 is 5.97 Å². The lowest BCUT2D eigenvalue weighted by Crippen LogP contribution is -2.31. The van der Waals surface area contributed by atoms with Gasteiger partial charge in [0.1, 0.15) is 12.3 Å². The maximum Gasteiger partial charge on any atom is 0.325 e. The summed E-state index contributed by atoms with van der Waals surface area (Å²) in [5.41, 5.74) is 1.70. The fourth-order valence-electron chi connectivity index (χ4n) is 2.39. The molecule has 0 unspecified atom stereocenters. The predicted octanol–water partition coefficient (Wildman–Crippen LogP) is 2.22. The van der Waals surface area contributed by atoms with Crippen molar-refractivity contribution in [3.8, 4) is 17.1 Å². The number of nitrogens with zero attached hydrogens (tertiary/aromatic N) is 3. The van der Waals surface area contributed by atoms with Gasteiger partial charge in [-0.1, -0.05) is 30.0 Å². The van der Waals surface area contributed by atoms with Gasteiger partial charge in [-0.3, -0.25) is 14.2 Å². The van der Waals surface area contributed by atoms with E-state index < -0.39 is 5.97 Å². The molecule has 0 fully saturated rings. The number of thioether (sulfide) groups is 1. The first-order valence-electron chi connectivity index (χ1n) is 8.11. The number of methoxy groups -OCH3 is 1. The fraction of sp³-hybridized carbons (Fsp3) is 0.222. The monoisotopic (exact) mass is 386 g/mol. The van der Waals surface area contributed by atoms with Crippen LogP contribution in [0.3, 0.4) is 0 Å². The fourth-order valence-corrected chi connectivity index (χ4v) is 3.17. The lowest BCUT2D eigenvalue weighted by atomic mass is 10.2. The SMILES string of the molecule is COC(=O)CNC(=O)CSc1nnc(-c2ccoc2C)n1-c1ccccc1. The standard InChI is InChI=1S/C18H18N4O4S/c1-12-14(8-9-26-12)17-20-21-18(22(17)13-6-4-3-5-7-13)27-11-15(23)19-10-16(24)25-2/h3-9H,10-11H2,1-2H3,(H,19,23). The van der Waals surface area contributed by atoms with E-state index in [1.54, 1.807) is 6.26 Å². The maximum atomic E-state index is 12.0. The van der Waals surface area contributed by atoms with Crippen molar-refractivity contribution in [3.05, 3.63) is 48.4 Å². The Hall–Kier alpha value is -3.07. The molecule has 140 valence electrons. The quantitative estimate of drug-likeness (QED) is 0.491. The second-order valence-corrected chi connectivity index (χ2v) is 6.45. The summed E-state index contributed by atoms with van der Waals surface area (Å²) in [5.74, 6) is 0.649. The van der Waals surface area contributed by atoms with E-state index in [9.17, 15) is 9.59 Å². The molecule has 0 atom stereocenters. The highest BCUT2D eigenvalue weighted by atomic mass is 32.2. The number of carbonyl (C=O) groups excluding carboxylic acids is 2. The Labute approximate surface area is 159 Å². The highest BCUT2D eigenvalue weighted by Crippen LogP contribution is 2.30. The Balaban J connectivity index is 1.84. The molecule has 1 amide bonds. The molecular formula is C18H18N4O4S. The van der Waals surface area contributed by atoms with Crippen molar-refractivity contribution in [2.24, 2.45) is 0 Å². The average molecular weight is 386 g/mol. The zero-order valence-corrected chi connectivity index (χ0v) is 15.7. The Morgan fingerprint density at radius 1 is 1.22 bits per heavy atom. The number of rotatable bonds is 7. The van der Waals surface area contributed by atoms with E-state index in [1.165, 1.54) is 18.9 Å². The van der Waals surface area contributed by atoms with Crippen LogP contribution in [0, 0.1) is 6.92 Å². The lowest BCUT2D eigenvalue weighted by molar-refractivity contribution is -0.140. The average Bonchev–Trinajstić information content (AvgIpc) is 3.30. The van der Waals surface area contributed by atoms with Crippen molar-refractivity contribution in [2.75, 3.05) is 19.4 Å². The van der Waals surface area contributed by atoms with Crippen LogP contribution in [-0.2, 0) is 14.3 Å². The van der Waals surface area contributed by atoms with Gasteiger partial charge in [0.2, 0.25) is 5.91 Å². The molecule has 0 saturated carbocycles. The zero-order valence-electron chi connectivity index (χ0n) is 14.8. The van der Waals surface area contributed by atoms with Crippen LogP contribution >= 0.6 is 11.8 Å². The number of hydrogen-bond acceptors (Lipinski definition) is 7. The molecule has 27 heavy (non-hydrogen) atoms. The molecule has 0 saturated heterocycles. The number of para-hydroxylation sites is 1. The van der Waals surface area contributed by atoms with Crippen molar-refractivity contribution < 1.29 is 18.7 Å². The minimum Gasteiger partial charge on any atom is -0.469 e. The van der Waals surface area contributed by atoms with Gasteiger partial charge < -0.3 is 14.5 Å². The van der Waals surface area contributed by atoms with E-state index in [0.29, 0.717) is 11.0 Å². The molecule has 9 heteroatoms. The van der Waals surface area contributed by atoms with E-state index in [4.69, 9.17) is 4.42 Å². The molecule has 0 radical (unpaired) electrons. The van der Waals surface area contributed by atoms with Crippen LogP contribution in [0.1, 0.15) is 5.76 Å². The molecule has 2 heterocycles. The number of ether oxygens (including phenoxy) is 1. The van der Waals surface area contributed by atoms with Crippen LogP contribution in [0.2, 0.25) is 0 Å². The molecular weight excluding hydrogens is 368 g/mol. The zero-order chi connectivity index (χ0) is 19.2. The molecule has 0 bridgehead atoms. The number of amides is 1.